The number of para-hydroxylation sites is 1. The summed E-state index contributed by atoms with van der Waals surface area (Å²) in [6.07, 6.45) is -3.19. The van der Waals surface area contributed by atoms with Gasteiger partial charge in [0.15, 0.2) is 5.13 Å². The van der Waals surface area contributed by atoms with Crippen molar-refractivity contribution in [2.24, 2.45) is 0 Å². The number of thiazole rings is 1. The number of nitrogens with one attached hydrogen (secondary N) is 1. The van der Waals surface area contributed by atoms with Gasteiger partial charge in [-0.3, -0.25) is 4.79 Å². The second-order valence-electron chi connectivity index (χ2n) is 6.32. The highest BCUT2D eigenvalue weighted by atomic mass is 32.1. The fraction of sp³-hybridized carbons (Fsp3) is 0.278. The lowest BCUT2D eigenvalue weighted by Crippen LogP contribution is -2.13. The summed E-state index contributed by atoms with van der Waals surface area (Å²) in [6.45, 7) is 3.19. The van der Waals surface area contributed by atoms with Crippen molar-refractivity contribution in [2.75, 3.05) is 5.32 Å². The molecular weight excluding hydrogens is 377 g/mol. The number of anilines is 1. The van der Waals surface area contributed by atoms with Gasteiger partial charge in [0.25, 0.3) is 0 Å². The van der Waals surface area contributed by atoms with E-state index < -0.39 is 11.7 Å². The van der Waals surface area contributed by atoms with Crippen LogP contribution in [0.25, 0.3) is 16.3 Å². The van der Waals surface area contributed by atoms with Crippen molar-refractivity contribution in [3.63, 3.8) is 0 Å². The van der Waals surface area contributed by atoms with E-state index in [4.69, 9.17) is 0 Å². The molecule has 2 aromatic heterocycles. The van der Waals surface area contributed by atoms with Crippen molar-refractivity contribution in [3.05, 3.63) is 46.8 Å². The van der Waals surface area contributed by atoms with Gasteiger partial charge >= 0.3 is 6.18 Å². The van der Waals surface area contributed by atoms with Gasteiger partial charge < -0.3 is 5.32 Å². The second-order valence-corrected chi connectivity index (χ2v) is 7.31. The molecule has 1 aliphatic rings. The average Bonchev–Trinajstić information content (AvgIpc) is 3.14. The molecule has 0 saturated heterocycles. The Labute approximate surface area is 156 Å². The first kappa shape index (κ1) is 17.7. The van der Waals surface area contributed by atoms with E-state index in [1.165, 1.54) is 35.1 Å². The Morgan fingerprint density at radius 2 is 2.00 bits per heavy atom. The number of amides is 1. The number of alkyl halides is 3. The summed E-state index contributed by atoms with van der Waals surface area (Å²) in [5.41, 5.74) is 2.24. The van der Waals surface area contributed by atoms with Crippen LogP contribution in [0.5, 0.6) is 0 Å². The Morgan fingerprint density at radius 3 is 2.70 bits per heavy atom. The average molecular weight is 392 g/mol. The molecule has 1 amide bonds. The van der Waals surface area contributed by atoms with E-state index in [9.17, 15) is 18.0 Å². The minimum atomic E-state index is -4.49. The maximum Gasteiger partial charge on any atom is 0.418 e. The highest BCUT2D eigenvalue weighted by molar-refractivity contribution is 7.19. The van der Waals surface area contributed by atoms with E-state index in [0.717, 1.165) is 22.2 Å². The van der Waals surface area contributed by atoms with Crippen LogP contribution in [0.4, 0.5) is 18.3 Å². The lowest BCUT2D eigenvalue weighted by Gasteiger charge is -2.17. The number of rotatable bonds is 2. The van der Waals surface area contributed by atoms with Gasteiger partial charge in [-0.1, -0.05) is 23.5 Å². The molecule has 0 atom stereocenters. The molecule has 27 heavy (non-hydrogen) atoms. The third kappa shape index (κ3) is 3.01. The van der Waals surface area contributed by atoms with Crippen LogP contribution in [0.3, 0.4) is 0 Å². The van der Waals surface area contributed by atoms with E-state index in [1.54, 1.807) is 13.0 Å². The van der Waals surface area contributed by atoms with E-state index >= 15 is 0 Å². The van der Waals surface area contributed by atoms with Crippen molar-refractivity contribution in [1.29, 1.82) is 0 Å². The molecule has 0 fully saturated rings. The van der Waals surface area contributed by atoms with Crippen molar-refractivity contribution in [2.45, 2.75) is 32.9 Å². The Bertz CT molecular complexity index is 1050. The molecule has 0 spiro atoms. The molecule has 1 N–H and O–H groups in total. The molecule has 140 valence electrons. The van der Waals surface area contributed by atoms with E-state index in [-0.39, 0.29) is 11.6 Å². The number of benzene rings is 1. The predicted molar refractivity (Wildman–Crippen MR) is 96.1 cm³/mol. The number of aromatic nitrogens is 3. The molecule has 3 aromatic rings. The zero-order chi connectivity index (χ0) is 19.3. The number of carbonyl (C=O) groups excluding carboxylic acids is 1. The number of nitrogens with zero attached hydrogens (tertiary/aromatic N) is 3. The molecule has 1 aromatic carbocycles. The number of hydrogen-bond acceptors (Lipinski definition) is 4. The summed E-state index contributed by atoms with van der Waals surface area (Å²) in [5, 5.41) is 7.51. The van der Waals surface area contributed by atoms with Gasteiger partial charge in [0.2, 0.25) is 5.91 Å². The smallest absolute Gasteiger partial charge is 0.302 e. The van der Waals surface area contributed by atoms with Crippen LogP contribution in [-0.2, 0) is 23.8 Å². The highest BCUT2D eigenvalue weighted by Gasteiger charge is 2.36. The van der Waals surface area contributed by atoms with Gasteiger partial charge in [0, 0.05) is 12.5 Å². The maximum absolute atomic E-state index is 13.5. The van der Waals surface area contributed by atoms with Gasteiger partial charge in [0.1, 0.15) is 0 Å². The minimum Gasteiger partial charge on any atom is -0.302 e. The van der Waals surface area contributed by atoms with Crippen molar-refractivity contribution in [1.82, 2.24) is 14.8 Å². The molecule has 2 heterocycles. The topological polar surface area (TPSA) is 59.8 Å². The molecule has 1 aliphatic carbocycles. The summed E-state index contributed by atoms with van der Waals surface area (Å²) in [6, 6.07) is 5.40. The Balaban J connectivity index is 1.93. The SMILES string of the molecule is CC(=O)Nc1nc2c(s1)-c1c(c(C)nn1-c1ccccc1C(F)(F)F)CC2. The largest absolute Gasteiger partial charge is 0.418 e. The molecule has 0 unspecified atom stereocenters. The molecule has 4 rings (SSSR count). The van der Waals surface area contributed by atoms with Crippen LogP contribution >= 0.6 is 11.3 Å². The Kier molecular flexibility index (Phi) is 4.06. The predicted octanol–water partition coefficient (Wildman–Crippen LogP) is 4.38. The van der Waals surface area contributed by atoms with Crippen LogP contribution in [0.2, 0.25) is 0 Å². The fourth-order valence-corrected chi connectivity index (χ4v) is 4.43. The van der Waals surface area contributed by atoms with Crippen molar-refractivity contribution in [3.8, 4) is 16.3 Å². The molecule has 5 nitrogen and oxygen atoms in total. The summed E-state index contributed by atoms with van der Waals surface area (Å²) in [5.74, 6) is -0.242. The molecular formula is C18H15F3N4OS. The molecule has 0 radical (unpaired) electrons. The van der Waals surface area contributed by atoms with Crippen LogP contribution in [0.1, 0.15) is 29.4 Å². The van der Waals surface area contributed by atoms with Crippen LogP contribution < -0.4 is 5.32 Å². The zero-order valence-electron chi connectivity index (χ0n) is 14.5. The quantitative estimate of drug-likeness (QED) is 0.704. The zero-order valence-corrected chi connectivity index (χ0v) is 15.3. The molecule has 9 heteroatoms. The summed E-state index contributed by atoms with van der Waals surface area (Å²) >= 11 is 1.26. The lowest BCUT2D eigenvalue weighted by atomic mass is 9.98. The first-order valence-electron chi connectivity index (χ1n) is 8.28. The summed E-state index contributed by atoms with van der Waals surface area (Å²) < 4.78 is 41.9. The molecule has 0 saturated carbocycles. The van der Waals surface area contributed by atoms with Gasteiger partial charge in [-0.25, -0.2) is 9.67 Å². The third-order valence-corrected chi connectivity index (χ3v) is 5.45. The van der Waals surface area contributed by atoms with E-state index in [0.29, 0.717) is 29.4 Å². The minimum absolute atomic E-state index is 0.0170. The number of fused-ring (bicyclic) bond motifs is 3. The first-order valence-corrected chi connectivity index (χ1v) is 9.10. The molecule has 0 bridgehead atoms. The monoisotopic (exact) mass is 392 g/mol. The van der Waals surface area contributed by atoms with Gasteiger partial charge in [-0.15, -0.1) is 0 Å². The lowest BCUT2D eigenvalue weighted by molar-refractivity contribution is -0.137. The first-order chi connectivity index (χ1) is 12.8. The number of hydrogen-bond donors (Lipinski definition) is 1. The summed E-state index contributed by atoms with van der Waals surface area (Å²) in [7, 11) is 0. The van der Waals surface area contributed by atoms with Gasteiger partial charge in [-0.05, 0) is 31.9 Å². The van der Waals surface area contributed by atoms with Crippen molar-refractivity contribution < 1.29 is 18.0 Å². The third-order valence-electron chi connectivity index (χ3n) is 4.43. The second kappa shape index (κ2) is 6.19. The standard InChI is InChI=1S/C18H15F3N4OS/c1-9-11-7-8-13-16(27-17(23-13)22-10(2)26)15(11)25(24-9)14-6-4-3-5-12(14)18(19,20)21/h3-6H,7-8H2,1-2H3,(H,22,23,26). The fourth-order valence-electron chi connectivity index (χ4n) is 3.32. The van der Waals surface area contributed by atoms with Crippen LogP contribution in [-0.4, -0.2) is 20.7 Å². The number of carbonyl (C=O) groups is 1. The number of aryl methyl sites for hydroxylation is 2. The van der Waals surface area contributed by atoms with E-state index in [2.05, 4.69) is 15.4 Å². The summed E-state index contributed by atoms with van der Waals surface area (Å²) in [4.78, 5) is 16.5. The highest BCUT2D eigenvalue weighted by Crippen LogP contribution is 2.43. The van der Waals surface area contributed by atoms with E-state index in [1.807, 2.05) is 0 Å². The van der Waals surface area contributed by atoms with Crippen LogP contribution in [0.15, 0.2) is 24.3 Å². The molecule has 0 aliphatic heterocycles. The van der Waals surface area contributed by atoms with Crippen LogP contribution in [0, 0.1) is 6.92 Å². The van der Waals surface area contributed by atoms with Gasteiger partial charge in [-0.2, -0.15) is 18.3 Å². The van der Waals surface area contributed by atoms with Gasteiger partial charge in [0.05, 0.1) is 33.2 Å². The maximum atomic E-state index is 13.5. The Hall–Kier alpha value is -2.68. The van der Waals surface area contributed by atoms with Crippen molar-refractivity contribution >= 4 is 22.4 Å². The Morgan fingerprint density at radius 1 is 1.26 bits per heavy atom. The number of halogens is 3. The normalized spacial score (nSPS) is 13.2.